The first-order valence-corrected chi connectivity index (χ1v) is 26.8. The predicted molar refractivity (Wildman–Crippen MR) is 270 cm³/mol. The molecule has 1 unspecified atom stereocenters. The van der Waals surface area contributed by atoms with Crippen molar-refractivity contribution < 1.29 is 28.6 Å². The fourth-order valence-electron chi connectivity index (χ4n) is 7.45. The monoisotopic (exact) mass is 881 g/mol. The quantitative estimate of drug-likeness (QED) is 0.0262. The Balaban J connectivity index is 4.40. The third kappa shape index (κ3) is 50.0. The van der Waals surface area contributed by atoms with Crippen molar-refractivity contribution in [2.24, 2.45) is 0 Å². The molecule has 0 aliphatic carbocycles. The van der Waals surface area contributed by atoms with E-state index in [1.165, 1.54) is 128 Å². The molecule has 0 amide bonds. The SMILES string of the molecule is CC/C=C\C/C=C\C/C=C\CCCCCC(=O)OCC(COC(=O)CCCCCCCCC/C=C\CCCCCCCCC)OC(=O)CCCCCCC/C=C\CCCCCCC. The number of carbonyl (C=O) groups excluding carboxylic acids is 3. The average Bonchev–Trinajstić information content (AvgIpc) is 3.28. The molecule has 0 saturated heterocycles. The first-order chi connectivity index (χ1) is 31.0. The molecule has 0 spiro atoms. The topological polar surface area (TPSA) is 78.9 Å². The maximum atomic E-state index is 12.8. The summed E-state index contributed by atoms with van der Waals surface area (Å²) in [4.78, 5) is 38.0. The third-order valence-electron chi connectivity index (χ3n) is 11.5. The van der Waals surface area contributed by atoms with Crippen molar-refractivity contribution in [3.8, 4) is 0 Å². The van der Waals surface area contributed by atoms with Gasteiger partial charge in [-0.2, -0.15) is 0 Å². The Bertz CT molecular complexity index is 1150. The van der Waals surface area contributed by atoms with Gasteiger partial charge in [-0.05, 0) is 103 Å². The molecule has 0 heterocycles. The van der Waals surface area contributed by atoms with Gasteiger partial charge in [0.15, 0.2) is 6.10 Å². The van der Waals surface area contributed by atoms with Crippen LogP contribution < -0.4 is 0 Å². The summed E-state index contributed by atoms with van der Waals surface area (Å²) >= 11 is 0. The minimum atomic E-state index is -0.791. The number of unbranched alkanes of at least 4 members (excludes halogenated alkanes) is 27. The summed E-state index contributed by atoms with van der Waals surface area (Å²) in [6.07, 6.45) is 63.5. The van der Waals surface area contributed by atoms with Crippen LogP contribution in [0.5, 0.6) is 0 Å². The molecular weight excluding hydrogens is 781 g/mol. The van der Waals surface area contributed by atoms with Crippen LogP contribution in [0.25, 0.3) is 0 Å². The highest BCUT2D eigenvalue weighted by molar-refractivity contribution is 5.71. The Morgan fingerprint density at radius 1 is 0.333 bits per heavy atom. The van der Waals surface area contributed by atoms with E-state index in [-0.39, 0.29) is 31.1 Å². The van der Waals surface area contributed by atoms with Crippen LogP contribution in [0, 0.1) is 0 Å². The van der Waals surface area contributed by atoms with Crippen LogP contribution in [0.1, 0.15) is 265 Å². The highest BCUT2D eigenvalue weighted by Crippen LogP contribution is 2.14. The second kappa shape index (κ2) is 51.7. The Hall–Kier alpha value is -2.89. The Labute approximate surface area is 390 Å². The number of esters is 3. The molecule has 0 aliphatic heterocycles. The maximum absolute atomic E-state index is 12.8. The smallest absolute Gasteiger partial charge is 0.306 e. The lowest BCUT2D eigenvalue weighted by Gasteiger charge is -2.18. The van der Waals surface area contributed by atoms with Crippen molar-refractivity contribution in [3.63, 3.8) is 0 Å². The molecule has 63 heavy (non-hydrogen) atoms. The van der Waals surface area contributed by atoms with E-state index in [1.807, 2.05) is 0 Å². The van der Waals surface area contributed by atoms with Gasteiger partial charge in [-0.1, -0.05) is 204 Å². The van der Waals surface area contributed by atoms with Crippen LogP contribution in [-0.4, -0.2) is 37.2 Å². The fraction of sp³-hybridized carbons (Fsp3) is 0.772. The molecule has 6 nitrogen and oxygen atoms in total. The molecule has 0 aromatic heterocycles. The molecule has 0 rings (SSSR count). The molecule has 1 atom stereocenters. The van der Waals surface area contributed by atoms with Crippen molar-refractivity contribution in [3.05, 3.63) is 60.8 Å². The Kier molecular flexibility index (Phi) is 49.4. The lowest BCUT2D eigenvalue weighted by atomic mass is 10.1. The zero-order chi connectivity index (χ0) is 45.8. The van der Waals surface area contributed by atoms with E-state index in [4.69, 9.17) is 14.2 Å². The van der Waals surface area contributed by atoms with Crippen molar-refractivity contribution in [2.75, 3.05) is 13.2 Å². The van der Waals surface area contributed by atoms with E-state index in [0.717, 1.165) is 96.3 Å². The molecule has 0 bridgehead atoms. The number of carbonyl (C=O) groups is 3. The third-order valence-corrected chi connectivity index (χ3v) is 11.5. The lowest BCUT2D eigenvalue weighted by molar-refractivity contribution is -0.167. The van der Waals surface area contributed by atoms with Gasteiger partial charge in [-0.15, -0.1) is 0 Å². The number of ether oxygens (including phenoxy) is 3. The van der Waals surface area contributed by atoms with Gasteiger partial charge in [0, 0.05) is 19.3 Å². The first kappa shape index (κ1) is 60.1. The Morgan fingerprint density at radius 3 is 1.00 bits per heavy atom. The van der Waals surface area contributed by atoms with Crippen LogP contribution in [0.3, 0.4) is 0 Å². The van der Waals surface area contributed by atoms with Crippen LogP contribution in [0.4, 0.5) is 0 Å². The number of hydrogen-bond donors (Lipinski definition) is 0. The van der Waals surface area contributed by atoms with Gasteiger partial charge < -0.3 is 14.2 Å². The van der Waals surface area contributed by atoms with E-state index in [9.17, 15) is 14.4 Å². The Morgan fingerprint density at radius 2 is 0.619 bits per heavy atom. The van der Waals surface area contributed by atoms with Gasteiger partial charge in [0.1, 0.15) is 13.2 Å². The normalized spacial score (nSPS) is 12.5. The summed E-state index contributed by atoms with van der Waals surface area (Å²) in [6.45, 7) is 6.49. The molecule has 0 radical (unpaired) electrons. The fourth-order valence-corrected chi connectivity index (χ4v) is 7.45. The standard InChI is InChI=1S/C57H100O6/c1-4-7-10-13-16-19-22-25-27-28-29-30-33-35-38-41-44-47-50-56(59)62-53-54(52-61-55(58)49-46-43-40-37-34-31-24-21-18-15-12-9-6-3)63-57(60)51-48-45-42-39-36-32-26-23-20-17-14-11-8-5-2/h9,12,18,21,23,26-28,31,34,54H,4-8,10-11,13-17,19-20,22,24-25,29-30,32-33,35-53H2,1-3H3/b12-9-,21-18-,26-23-,28-27-,34-31-. The summed E-state index contributed by atoms with van der Waals surface area (Å²) in [6, 6.07) is 0. The van der Waals surface area contributed by atoms with E-state index in [2.05, 4.69) is 81.5 Å². The molecule has 0 aromatic carbocycles. The average molecular weight is 881 g/mol. The molecule has 0 N–H and O–H groups in total. The highest BCUT2D eigenvalue weighted by Gasteiger charge is 2.19. The lowest BCUT2D eigenvalue weighted by Crippen LogP contribution is -2.30. The van der Waals surface area contributed by atoms with Crippen LogP contribution in [0.2, 0.25) is 0 Å². The molecular formula is C57H100O6. The van der Waals surface area contributed by atoms with Crippen molar-refractivity contribution in [1.29, 1.82) is 0 Å². The minimum absolute atomic E-state index is 0.0887. The van der Waals surface area contributed by atoms with Gasteiger partial charge in [0.2, 0.25) is 0 Å². The number of hydrogen-bond acceptors (Lipinski definition) is 6. The van der Waals surface area contributed by atoms with Gasteiger partial charge in [0.25, 0.3) is 0 Å². The maximum Gasteiger partial charge on any atom is 0.306 e. The van der Waals surface area contributed by atoms with E-state index in [1.54, 1.807) is 0 Å². The molecule has 364 valence electrons. The van der Waals surface area contributed by atoms with E-state index < -0.39 is 6.10 Å². The summed E-state index contributed by atoms with van der Waals surface area (Å²) in [5, 5.41) is 0. The van der Waals surface area contributed by atoms with Crippen LogP contribution in [0.15, 0.2) is 60.8 Å². The summed E-state index contributed by atoms with van der Waals surface area (Å²) in [5.74, 6) is -0.927. The minimum Gasteiger partial charge on any atom is -0.462 e. The van der Waals surface area contributed by atoms with Crippen LogP contribution in [-0.2, 0) is 28.6 Å². The number of rotatable bonds is 48. The highest BCUT2D eigenvalue weighted by atomic mass is 16.6. The summed E-state index contributed by atoms with van der Waals surface area (Å²) in [5.41, 5.74) is 0. The van der Waals surface area contributed by atoms with Crippen LogP contribution >= 0.6 is 0 Å². The molecule has 6 heteroatoms. The second-order valence-corrected chi connectivity index (χ2v) is 17.7. The molecule has 0 aromatic rings. The zero-order valence-corrected chi connectivity index (χ0v) is 41.6. The summed E-state index contributed by atoms with van der Waals surface area (Å²) < 4.78 is 16.8. The second-order valence-electron chi connectivity index (χ2n) is 17.7. The molecule has 0 saturated carbocycles. The van der Waals surface area contributed by atoms with Crippen molar-refractivity contribution in [1.82, 2.24) is 0 Å². The summed E-state index contributed by atoms with van der Waals surface area (Å²) in [7, 11) is 0. The first-order valence-electron chi connectivity index (χ1n) is 26.8. The molecule has 0 aliphatic rings. The van der Waals surface area contributed by atoms with E-state index >= 15 is 0 Å². The van der Waals surface area contributed by atoms with Crippen molar-refractivity contribution in [2.45, 2.75) is 271 Å². The molecule has 0 fully saturated rings. The van der Waals surface area contributed by atoms with E-state index in [0.29, 0.717) is 19.3 Å². The van der Waals surface area contributed by atoms with Gasteiger partial charge in [0.05, 0.1) is 0 Å². The zero-order valence-electron chi connectivity index (χ0n) is 41.6. The predicted octanol–water partition coefficient (Wildman–Crippen LogP) is 17.6. The van der Waals surface area contributed by atoms with Gasteiger partial charge >= 0.3 is 17.9 Å². The van der Waals surface area contributed by atoms with Gasteiger partial charge in [-0.3, -0.25) is 14.4 Å². The number of allylic oxidation sites excluding steroid dienone is 10. The largest absolute Gasteiger partial charge is 0.462 e. The van der Waals surface area contributed by atoms with Crippen molar-refractivity contribution >= 4 is 17.9 Å². The van der Waals surface area contributed by atoms with Gasteiger partial charge in [-0.25, -0.2) is 0 Å².